The van der Waals surface area contributed by atoms with E-state index in [4.69, 9.17) is 0 Å². The Morgan fingerprint density at radius 1 is 0.556 bits per heavy atom. The largest absolute Gasteiger partial charge is 0.355 e. The van der Waals surface area contributed by atoms with Crippen LogP contribution in [0, 0.1) is 13.8 Å². The number of pyridine rings is 2. The molecule has 2 N–H and O–H groups in total. The Labute approximate surface area is 341 Å². The predicted octanol–water partition coefficient (Wildman–Crippen LogP) is 13.3. The van der Waals surface area contributed by atoms with E-state index in [0.29, 0.717) is 5.56 Å². The highest BCUT2D eigenvalue weighted by atomic mass is 16.2. The Morgan fingerprint density at radius 2 is 0.870 bits per heavy atom. The normalized spacial score (nSPS) is 7.15. The average Bonchev–Trinajstić information content (AvgIpc) is 3.20. The van der Waals surface area contributed by atoms with Crippen molar-refractivity contribution in [3.63, 3.8) is 0 Å². The van der Waals surface area contributed by atoms with Gasteiger partial charge in [-0.1, -0.05) is 148 Å². The van der Waals surface area contributed by atoms with Gasteiger partial charge in [-0.25, -0.2) is 0 Å². The van der Waals surface area contributed by atoms with Gasteiger partial charge in [-0.3, -0.25) is 19.6 Å². The summed E-state index contributed by atoms with van der Waals surface area (Å²) in [5.41, 5.74) is 6.48. The molecule has 0 atom stereocenters. The average molecular weight is 747 g/mol. The van der Waals surface area contributed by atoms with Crippen LogP contribution in [0.3, 0.4) is 0 Å². The first-order valence-corrected chi connectivity index (χ1v) is 18.7. The van der Waals surface area contributed by atoms with E-state index in [2.05, 4.69) is 46.6 Å². The summed E-state index contributed by atoms with van der Waals surface area (Å²) in [7, 11) is 1.62. The van der Waals surface area contributed by atoms with Crippen molar-refractivity contribution in [3.05, 3.63) is 125 Å². The number of hydrogen-bond acceptors (Lipinski definition) is 4. The standard InChI is InChI=1S/2C8H9NO.2C8H11N.6C2H6.2CH4.2B/c1-9-8(10)7-5-3-2-4-6-7;1-7(10)9-8-5-3-2-4-6-8;2*1-3-8-4-5-9-7(2)6-8;6*1-2;;;;/h2*2-6H,1H3,(H,9,10);2*4-6H,3H2,1-2H3;6*1-2H3;2*1H4;;. The second kappa shape index (κ2) is 63.8. The van der Waals surface area contributed by atoms with Gasteiger partial charge in [-0.15, -0.1) is 0 Å². The zero-order valence-corrected chi connectivity index (χ0v) is 36.5. The third-order valence-corrected chi connectivity index (χ3v) is 5.10. The lowest BCUT2D eigenvalue weighted by Gasteiger charge is -1.98. The fourth-order valence-electron chi connectivity index (χ4n) is 3.11. The molecule has 0 saturated heterocycles. The number of rotatable bonds is 4. The minimum absolute atomic E-state index is 0. The molecule has 6 radical (unpaired) electrons. The number of amides is 2. The third kappa shape index (κ3) is 49.9. The monoisotopic (exact) mass is 747 g/mol. The molecular formula is C46H84B2N4O2. The van der Waals surface area contributed by atoms with Crippen LogP contribution >= 0.6 is 0 Å². The highest BCUT2D eigenvalue weighted by Crippen LogP contribution is 2.04. The second-order valence-corrected chi connectivity index (χ2v) is 8.31. The van der Waals surface area contributed by atoms with Gasteiger partial charge in [0.1, 0.15) is 0 Å². The Hall–Kier alpha value is -4.19. The van der Waals surface area contributed by atoms with Gasteiger partial charge in [0, 0.05) is 65.8 Å². The molecule has 0 unspecified atom stereocenters. The van der Waals surface area contributed by atoms with Gasteiger partial charge in [-0.2, -0.15) is 0 Å². The number of benzene rings is 2. The zero-order valence-electron chi connectivity index (χ0n) is 36.5. The fourth-order valence-corrected chi connectivity index (χ4v) is 3.11. The number of para-hydroxylation sites is 1. The molecule has 0 aliphatic rings. The van der Waals surface area contributed by atoms with Gasteiger partial charge in [0.15, 0.2) is 0 Å². The molecule has 0 aliphatic heterocycles. The van der Waals surface area contributed by atoms with E-state index in [1.807, 2.05) is 170 Å². The van der Waals surface area contributed by atoms with Gasteiger partial charge in [0.25, 0.3) is 5.91 Å². The van der Waals surface area contributed by atoms with Crippen LogP contribution < -0.4 is 10.6 Å². The van der Waals surface area contributed by atoms with E-state index in [0.717, 1.165) is 29.9 Å². The molecule has 2 aromatic heterocycles. The molecule has 8 heteroatoms. The second-order valence-electron chi connectivity index (χ2n) is 8.31. The van der Waals surface area contributed by atoms with E-state index >= 15 is 0 Å². The van der Waals surface area contributed by atoms with Crippen molar-refractivity contribution in [3.8, 4) is 0 Å². The van der Waals surface area contributed by atoms with Crippen LogP contribution in [0.25, 0.3) is 0 Å². The molecule has 306 valence electrons. The van der Waals surface area contributed by atoms with Crippen molar-refractivity contribution in [2.24, 2.45) is 0 Å². The number of aryl methyl sites for hydroxylation is 4. The van der Waals surface area contributed by atoms with Crippen LogP contribution in [0.5, 0.6) is 0 Å². The van der Waals surface area contributed by atoms with Crippen LogP contribution in [-0.2, 0) is 17.6 Å². The lowest BCUT2D eigenvalue weighted by atomic mass is 10.2. The minimum atomic E-state index is -0.0411. The minimum Gasteiger partial charge on any atom is -0.355 e. The van der Waals surface area contributed by atoms with Crippen molar-refractivity contribution >= 4 is 34.3 Å². The smallest absolute Gasteiger partial charge is 0.251 e. The summed E-state index contributed by atoms with van der Waals surface area (Å²) in [4.78, 5) is 29.6. The summed E-state index contributed by atoms with van der Waals surface area (Å²) in [6, 6.07) is 26.8. The van der Waals surface area contributed by atoms with Gasteiger partial charge in [0.05, 0.1) is 0 Å². The van der Waals surface area contributed by atoms with Crippen molar-refractivity contribution in [2.75, 3.05) is 12.4 Å². The molecule has 2 amide bonds. The summed E-state index contributed by atoms with van der Waals surface area (Å²) < 4.78 is 0. The molecule has 0 spiro atoms. The number of nitrogens with one attached hydrogen (secondary N) is 2. The van der Waals surface area contributed by atoms with Gasteiger partial charge >= 0.3 is 0 Å². The molecule has 54 heavy (non-hydrogen) atoms. The summed E-state index contributed by atoms with van der Waals surface area (Å²) in [6.45, 7) is 33.8. The first-order chi connectivity index (χ1) is 24.3. The molecule has 0 bridgehead atoms. The molecule has 6 nitrogen and oxygen atoms in total. The number of carbonyl (C=O) groups is 2. The van der Waals surface area contributed by atoms with Crippen LogP contribution in [0.15, 0.2) is 97.3 Å². The molecule has 2 aromatic carbocycles. The van der Waals surface area contributed by atoms with Crippen molar-refractivity contribution < 1.29 is 9.59 Å². The predicted molar refractivity (Wildman–Crippen MR) is 250 cm³/mol. The van der Waals surface area contributed by atoms with E-state index in [-0.39, 0.29) is 43.5 Å². The maximum absolute atomic E-state index is 10.9. The zero-order chi connectivity index (χ0) is 40.2. The number of nitrogens with zero attached hydrogens (tertiary/aromatic N) is 2. The Morgan fingerprint density at radius 3 is 1.11 bits per heavy atom. The molecule has 0 aliphatic carbocycles. The van der Waals surface area contributed by atoms with Crippen molar-refractivity contribution in [1.29, 1.82) is 0 Å². The van der Waals surface area contributed by atoms with Crippen LogP contribution in [0.4, 0.5) is 5.69 Å². The molecule has 0 saturated carbocycles. The Kier molecular flexibility index (Phi) is 88.5. The van der Waals surface area contributed by atoms with Crippen molar-refractivity contribution in [2.45, 2.75) is 145 Å². The van der Waals surface area contributed by atoms with Crippen molar-refractivity contribution in [1.82, 2.24) is 15.3 Å². The lowest BCUT2D eigenvalue weighted by Crippen LogP contribution is -2.17. The van der Waals surface area contributed by atoms with E-state index < -0.39 is 0 Å². The van der Waals surface area contributed by atoms with Crippen LogP contribution in [-0.4, -0.2) is 45.7 Å². The maximum Gasteiger partial charge on any atom is 0.251 e. The topological polar surface area (TPSA) is 84.0 Å². The first kappa shape index (κ1) is 74.9. The highest BCUT2D eigenvalue weighted by Gasteiger charge is 1.98. The number of carbonyl (C=O) groups excluding carboxylic acids is 2. The van der Waals surface area contributed by atoms with Gasteiger partial charge in [0.2, 0.25) is 5.91 Å². The van der Waals surface area contributed by atoms with Gasteiger partial charge in [-0.05, 0) is 86.3 Å². The lowest BCUT2D eigenvalue weighted by molar-refractivity contribution is -0.114. The first-order valence-electron chi connectivity index (χ1n) is 18.7. The summed E-state index contributed by atoms with van der Waals surface area (Å²) in [5, 5.41) is 5.21. The molecule has 4 aromatic rings. The molecule has 4 rings (SSSR count). The van der Waals surface area contributed by atoms with E-state index in [1.165, 1.54) is 18.1 Å². The number of hydrogen-bond donors (Lipinski definition) is 2. The summed E-state index contributed by atoms with van der Waals surface area (Å²) in [5.74, 6) is -0.0770. The highest BCUT2D eigenvalue weighted by molar-refractivity contribution is 5.93. The van der Waals surface area contributed by atoms with Crippen LogP contribution in [0.1, 0.15) is 152 Å². The third-order valence-electron chi connectivity index (χ3n) is 5.10. The molecular weight excluding hydrogens is 662 g/mol. The number of aromatic nitrogens is 2. The summed E-state index contributed by atoms with van der Waals surface area (Å²) >= 11 is 0. The Bertz CT molecular complexity index is 1180. The fraction of sp³-hybridized carbons (Fsp3) is 0.478. The van der Waals surface area contributed by atoms with E-state index in [1.54, 1.807) is 19.2 Å². The number of anilines is 1. The quantitative estimate of drug-likeness (QED) is 0.204. The summed E-state index contributed by atoms with van der Waals surface area (Å²) in [6.07, 6.45) is 5.91. The maximum atomic E-state index is 10.9. The SMILES string of the molecule is C.C.CC.CC.CC.CC.CC.CC.CC(=O)Nc1ccccc1.CCc1ccnc(C)c1.CCc1ccnc(C)c1.CNC(=O)c1ccccc1.[B].[B]. The van der Waals surface area contributed by atoms with Gasteiger partial charge < -0.3 is 10.6 Å². The molecule has 0 fully saturated rings. The van der Waals surface area contributed by atoms with E-state index in [9.17, 15) is 9.59 Å². The molecule has 2 heterocycles. The van der Waals surface area contributed by atoms with Crippen LogP contribution in [0.2, 0.25) is 0 Å². The Balaban J connectivity index is -0.0000000533.